The Morgan fingerprint density at radius 3 is 2.62 bits per heavy atom. The number of hydrogen-bond acceptors (Lipinski definition) is 5. The van der Waals surface area contributed by atoms with Crippen molar-refractivity contribution in [3.63, 3.8) is 0 Å². The van der Waals surface area contributed by atoms with Gasteiger partial charge in [-0.05, 0) is 87.5 Å². The largest absolute Gasteiger partial charge is 0.463 e. The quantitative estimate of drug-likeness (QED) is 0.721. The lowest BCUT2D eigenvalue weighted by Gasteiger charge is -2.65. The van der Waals surface area contributed by atoms with Crippen molar-refractivity contribution in [1.82, 2.24) is 0 Å². The van der Waals surface area contributed by atoms with Crippen LogP contribution in [0.1, 0.15) is 78.6 Å². The van der Waals surface area contributed by atoms with Crippen molar-refractivity contribution in [1.29, 1.82) is 0 Å². The van der Waals surface area contributed by atoms with E-state index in [1.54, 1.807) is 7.11 Å². The number of rotatable bonds is 3. The fourth-order valence-electron chi connectivity index (χ4n) is 7.57. The monoisotopic (exact) mass is 404 g/mol. The standard InChI is InChI=1S/C24H36O5/c1-15(29-16(2)25)17-7-12-24(28-4)21-6-5-18-13-19(26)8-10-22(18,3)20(21)9-11-23(24,27)14-17/h13,15,17,20-21,27H,5-12,14H2,1-4H3/t15-,17+,20+,21-,22+,23+,24-/m1/s1. The van der Waals surface area contributed by atoms with Gasteiger partial charge in [0.2, 0.25) is 0 Å². The van der Waals surface area contributed by atoms with E-state index >= 15 is 0 Å². The maximum atomic E-state index is 12.0. The SMILES string of the molecule is CO[C@@]12CC[C@H]([C@@H](C)OC(C)=O)C[C@@]1(O)CC[C@H]1[C@H]2CCC2=CC(=O)CC[C@@]21C. The fraction of sp³-hybridized carbons (Fsp3) is 0.833. The van der Waals surface area contributed by atoms with Gasteiger partial charge in [0.15, 0.2) is 5.78 Å². The van der Waals surface area contributed by atoms with Gasteiger partial charge in [0.05, 0.1) is 11.2 Å². The molecule has 0 saturated heterocycles. The summed E-state index contributed by atoms with van der Waals surface area (Å²) in [5.74, 6) is 0.906. The highest BCUT2D eigenvalue weighted by atomic mass is 16.5. The lowest BCUT2D eigenvalue weighted by molar-refractivity contribution is -0.272. The van der Waals surface area contributed by atoms with Crippen LogP contribution in [0.5, 0.6) is 0 Å². The molecule has 1 N–H and O–H groups in total. The number of aliphatic hydroxyl groups is 1. The van der Waals surface area contributed by atoms with E-state index in [9.17, 15) is 14.7 Å². The minimum absolute atomic E-state index is 0.0472. The first-order valence-corrected chi connectivity index (χ1v) is 11.3. The number of fused-ring (bicyclic) bond motifs is 5. The molecule has 5 nitrogen and oxygen atoms in total. The van der Waals surface area contributed by atoms with Gasteiger partial charge in [-0.25, -0.2) is 0 Å². The second-order valence-corrected chi connectivity index (χ2v) is 10.3. The van der Waals surface area contributed by atoms with Crippen LogP contribution in [-0.2, 0) is 19.1 Å². The third kappa shape index (κ3) is 3.11. The van der Waals surface area contributed by atoms with Gasteiger partial charge in [-0.1, -0.05) is 12.5 Å². The van der Waals surface area contributed by atoms with E-state index in [4.69, 9.17) is 9.47 Å². The number of ketones is 1. The third-order valence-corrected chi connectivity index (χ3v) is 9.11. The molecule has 0 spiro atoms. The highest BCUT2D eigenvalue weighted by molar-refractivity contribution is 5.91. The zero-order valence-corrected chi connectivity index (χ0v) is 18.3. The highest BCUT2D eigenvalue weighted by Gasteiger charge is 2.66. The number of allylic oxidation sites excluding steroid dienone is 2. The topological polar surface area (TPSA) is 72.8 Å². The molecular weight excluding hydrogens is 368 g/mol. The van der Waals surface area contributed by atoms with Gasteiger partial charge in [0, 0.05) is 20.5 Å². The molecule has 0 radical (unpaired) electrons. The molecule has 0 amide bonds. The molecule has 0 aromatic carbocycles. The summed E-state index contributed by atoms with van der Waals surface area (Å²) in [4.78, 5) is 23.4. The molecule has 0 aromatic rings. The van der Waals surface area contributed by atoms with Crippen LogP contribution in [0.15, 0.2) is 11.6 Å². The molecule has 5 heteroatoms. The minimum atomic E-state index is -0.887. The van der Waals surface area contributed by atoms with Crippen LogP contribution < -0.4 is 0 Å². The Morgan fingerprint density at radius 2 is 1.93 bits per heavy atom. The van der Waals surface area contributed by atoms with Crippen LogP contribution in [-0.4, -0.2) is 41.3 Å². The van der Waals surface area contributed by atoms with Crippen molar-refractivity contribution >= 4 is 11.8 Å². The van der Waals surface area contributed by atoms with Gasteiger partial charge < -0.3 is 14.6 Å². The molecule has 0 unspecified atom stereocenters. The Bertz CT molecular complexity index is 729. The molecule has 4 aliphatic rings. The van der Waals surface area contributed by atoms with Crippen LogP contribution in [0.2, 0.25) is 0 Å². The van der Waals surface area contributed by atoms with E-state index in [0.717, 1.165) is 38.5 Å². The summed E-state index contributed by atoms with van der Waals surface area (Å²) in [5, 5.41) is 11.9. The van der Waals surface area contributed by atoms with E-state index < -0.39 is 11.2 Å². The predicted octanol–water partition coefficient (Wildman–Crippen LogP) is 3.97. The first kappa shape index (κ1) is 21.0. The van der Waals surface area contributed by atoms with E-state index in [0.29, 0.717) is 31.1 Å². The maximum Gasteiger partial charge on any atom is 0.302 e. The molecule has 162 valence electrons. The summed E-state index contributed by atoms with van der Waals surface area (Å²) < 4.78 is 11.7. The summed E-state index contributed by atoms with van der Waals surface area (Å²) in [7, 11) is 1.77. The Balaban J connectivity index is 1.63. The summed E-state index contributed by atoms with van der Waals surface area (Å²) in [5.41, 5.74) is -0.0597. The number of ether oxygens (including phenoxy) is 2. The molecule has 0 heterocycles. The van der Waals surface area contributed by atoms with Crippen LogP contribution in [0.25, 0.3) is 0 Å². The van der Waals surface area contributed by atoms with Crippen LogP contribution >= 0.6 is 0 Å². The number of carbonyl (C=O) groups is 2. The molecule has 29 heavy (non-hydrogen) atoms. The second-order valence-electron chi connectivity index (χ2n) is 10.3. The molecule has 3 fully saturated rings. The minimum Gasteiger partial charge on any atom is -0.463 e. The van der Waals surface area contributed by atoms with Crippen molar-refractivity contribution in [3.05, 3.63) is 11.6 Å². The van der Waals surface area contributed by atoms with Gasteiger partial charge in [-0.2, -0.15) is 0 Å². The average Bonchev–Trinajstić information content (AvgIpc) is 2.66. The number of methoxy groups -OCH3 is 1. The first-order chi connectivity index (χ1) is 13.6. The molecule has 3 saturated carbocycles. The van der Waals surface area contributed by atoms with Crippen LogP contribution in [0, 0.1) is 23.2 Å². The van der Waals surface area contributed by atoms with Gasteiger partial charge in [0.1, 0.15) is 6.10 Å². The van der Waals surface area contributed by atoms with Crippen molar-refractivity contribution in [2.24, 2.45) is 23.2 Å². The zero-order chi connectivity index (χ0) is 21.0. The van der Waals surface area contributed by atoms with Gasteiger partial charge >= 0.3 is 5.97 Å². The molecule has 7 atom stereocenters. The molecule has 4 rings (SSSR count). The second kappa shape index (κ2) is 7.19. The normalized spacial score (nSPS) is 45.3. The van der Waals surface area contributed by atoms with Crippen molar-refractivity contribution in [2.75, 3.05) is 7.11 Å². The van der Waals surface area contributed by atoms with Crippen molar-refractivity contribution in [2.45, 2.75) is 95.9 Å². The molecule has 0 aliphatic heterocycles. The van der Waals surface area contributed by atoms with Gasteiger partial charge in [0.25, 0.3) is 0 Å². The number of esters is 1. The summed E-state index contributed by atoms with van der Waals surface area (Å²) in [6, 6.07) is 0. The van der Waals surface area contributed by atoms with E-state index in [2.05, 4.69) is 6.92 Å². The average molecular weight is 405 g/mol. The van der Waals surface area contributed by atoms with Gasteiger partial charge in [-0.15, -0.1) is 0 Å². The Hall–Kier alpha value is -1.20. The molecule has 0 aromatic heterocycles. The molecular formula is C24H36O5. The lowest BCUT2D eigenvalue weighted by atomic mass is 9.44. The van der Waals surface area contributed by atoms with Crippen molar-refractivity contribution < 1.29 is 24.2 Å². The maximum absolute atomic E-state index is 12.0. The zero-order valence-electron chi connectivity index (χ0n) is 18.3. The Morgan fingerprint density at radius 1 is 1.17 bits per heavy atom. The third-order valence-electron chi connectivity index (χ3n) is 9.11. The number of hydrogen-bond donors (Lipinski definition) is 1. The predicted molar refractivity (Wildman–Crippen MR) is 109 cm³/mol. The Kier molecular flexibility index (Phi) is 5.22. The summed E-state index contributed by atoms with van der Waals surface area (Å²) in [6.45, 7) is 5.73. The van der Waals surface area contributed by atoms with E-state index in [-0.39, 0.29) is 29.2 Å². The van der Waals surface area contributed by atoms with Gasteiger partial charge in [-0.3, -0.25) is 9.59 Å². The summed E-state index contributed by atoms with van der Waals surface area (Å²) >= 11 is 0. The van der Waals surface area contributed by atoms with Crippen LogP contribution in [0.4, 0.5) is 0 Å². The highest BCUT2D eigenvalue weighted by Crippen LogP contribution is 2.65. The number of carbonyl (C=O) groups excluding carboxylic acids is 2. The van der Waals surface area contributed by atoms with E-state index in [1.807, 2.05) is 13.0 Å². The molecule has 0 bridgehead atoms. The van der Waals surface area contributed by atoms with Crippen molar-refractivity contribution in [3.8, 4) is 0 Å². The van der Waals surface area contributed by atoms with Crippen LogP contribution in [0.3, 0.4) is 0 Å². The summed E-state index contributed by atoms with van der Waals surface area (Å²) in [6.07, 6.45) is 9.17. The molecule has 4 aliphatic carbocycles. The fourth-order valence-corrected chi connectivity index (χ4v) is 7.57. The lowest BCUT2D eigenvalue weighted by Crippen LogP contribution is -2.69. The Labute approximate surface area is 174 Å². The smallest absolute Gasteiger partial charge is 0.302 e. The first-order valence-electron chi connectivity index (χ1n) is 11.3. The van der Waals surface area contributed by atoms with E-state index in [1.165, 1.54) is 12.5 Å².